The minimum Gasteiger partial charge on any atom is -0.504 e. The van der Waals surface area contributed by atoms with Crippen molar-refractivity contribution in [3.05, 3.63) is 127 Å². The molecule has 6 rings (SSSR count). The molecule has 0 fully saturated rings. The van der Waals surface area contributed by atoms with E-state index in [4.69, 9.17) is 0 Å². The van der Waals surface area contributed by atoms with Gasteiger partial charge in [-0.3, -0.25) is 13.6 Å². The molecular weight excluding hydrogens is 736 g/mol. The first-order valence-electron chi connectivity index (χ1n) is 14.2. The Morgan fingerprint density at radius 1 is 0.717 bits per heavy atom. The fourth-order valence-corrected chi connectivity index (χ4v) is 6.79. The molecule has 0 radical (unpaired) electrons. The first kappa shape index (κ1) is 31.7. The Labute approximate surface area is 276 Å². The second-order valence-corrected chi connectivity index (χ2v) is 12.4. The number of benzene rings is 2. The van der Waals surface area contributed by atoms with Crippen molar-refractivity contribution in [2.75, 3.05) is 0 Å². The van der Waals surface area contributed by atoms with E-state index in [2.05, 4.69) is 41.8 Å². The maximum atomic E-state index is 15.4. The van der Waals surface area contributed by atoms with Gasteiger partial charge in [-0.25, -0.2) is 27.5 Å². The number of phenolic OH excluding ortho intramolecular Hbond substituents is 2. The number of imidazole rings is 2. The Bertz CT molecular complexity index is 1980. The smallest absolute Gasteiger partial charge is 0.166 e. The average molecular weight is 760 g/mol. The maximum Gasteiger partial charge on any atom is 0.166 e. The second kappa shape index (κ2) is 12.2. The number of carbonyl (C=O) groups excluding carboxylic acids is 1. The normalized spacial score (nSPS) is 13.0. The van der Waals surface area contributed by atoms with Crippen molar-refractivity contribution in [3.63, 3.8) is 0 Å². The number of hydrogen-bond acceptors (Lipinski definition) is 5. The zero-order valence-electron chi connectivity index (χ0n) is 24.2. The number of aryl methyl sites for hydroxylation is 2. The number of Topliss-reactive ketones (excluding diaryl/α,β-unsaturated/α-hetero) is 1. The quantitative estimate of drug-likeness (QED) is 0.153. The molecule has 2 N–H and O–H groups in total. The summed E-state index contributed by atoms with van der Waals surface area (Å²) in [6.07, 6.45) is 2.93. The van der Waals surface area contributed by atoms with Gasteiger partial charge < -0.3 is 10.2 Å². The van der Waals surface area contributed by atoms with E-state index in [-0.39, 0.29) is 31.5 Å². The topological polar surface area (TPSA) is 92.1 Å². The van der Waals surface area contributed by atoms with Crippen LogP contribution in [0, 0.1) is 23.3 Å². The lowest BCUT2D eigenvalue weighted by Gasteiger charge is -2.26. The number of rotatable bonds is 8. The third kappa shape index (κ3) is 5.34. The molecule has 7 nitrogen and oxygen atoms in total. The highest BCUT2D eigenvalue weighted by molar-refractivity contribution is 9.10. The van der Waals surface area contributed by atoms with Crippen LogP contribution in [0.4, 0.5) is 17.6 Å². The van der Waals surface area contributed by atoms with Crippen LogP contribution in [0.1, 0.15) is 59.6 Å². The summed E-state index contributed by atoms with van der Waals surface area (Å²) in [6.45, 7) is 3.59. The van der Waals surface area contributed by atoms with Gasteiger partial charge in [0.05, 0.1) is 43.6 Å². The van der Waals surface area contributed by atoms with Crippen molar-refractivity contribution in [3.8, 4) is 11.5 Å². The van der Waals surface area contributed by atoms with Crippen molar-refractivity contribution < 1.29 is 32.6 Å². The van der Waals surface area contributed by atoms with Crippen molar-refractivity contribution in [2.24, 2.45) is 0 Å². The molecule has 0 saturated carbocycles. The summed E-state index contributed by atoms with van der Waals surface area (Å²) in [4.78, 5) is 24.6. The number of aromatic nitrogens is 4. The minimum absolute atomic E-state index is 0.0422. The van der Waals surface area contributed by atoms with Crippen molar-refractivity contribution in [1.29, 1.82) is 0 Å². The summed E-state index contributed by atoms with van der Waals surface area (Å²) < 4.78 is 62.5. The molecule has 2 atom stereocenters. The molecule has 46 heavy (non-hydrogen) atoms. The molecule has 0 saturated heterocycles. The molecule has 4 aromatic heterocycles. The van der Waals surface area contributed by atoms with E-state index in [1.54, 1.807) is 13.8 Å². The van der Waals surface area contributed by atoms with Gasteiger partial charge in [0.25, 0.3) is 0 Å². The van der Waals surface area contributed by atoms with Crippen LogP contribution in [0.3, 0.4) is 0 Å². The number of ketones is 1. The number of carbonyl (C=O) groups is 1. The van der Waals surface area contributed by atoms with Crippen molar-refractivity contribution in [2.45, 2.75) is 38.5 Å². The molecule has 6 aromatic rings. The van der Waals surface area contributed by atoms with Gasteiger partial charge in [0, 0.05) is 12.4 Å². The van der Waals surface area contributed by atoms with Crippen molar-refractivity contribution in [1.82, 2.24) is 18.8 Å². The van der Waals surface area contributed by atoms with Crippen LogP contribution in [0.15, 0.2) is 69.9 Å². The van der Waals surface area contributed by atoms with Gasteiger partial charge in [0.1, 0.15) is 22.9 Å². The van der Waals surface area contributed by atoms with E-state index < -0.39 is 52.4 Å². The average Bonchev–Trinajstić information content (AvgIpc) is 3.56. The van der Waals surface area contributed by atoms with Gasteiger partial charge >= 0.3 is 0 Å². The Kier molecular flexibility index (Phi) is 8.40. The van der Waals surface area contributed by atoms with Crippen LogP contribution in [0.5, 0.6) is 11.5 Å². The van der Waals surface area contributed by atoms with E-state index in [0.29, 0.717) is 35.5 Å². The molecule has 236 valence electrons. The third-order valence-electron chi connectivity index (χ3n) is 7.92. The van der Waals surface area contributed by atoms with Gasteiger partial charge in [-0.1, -0.05) is 13.8 Å². The fraction of sp³-hybridized carbons (Fsp3) is 0.182. The van der Waals surface area contributed by atoms with Gasteiger partial charge in [-0.2, -0.15) is 0 Å². The SMILES string of the molecule is CCc1nc2ccc(F)cn2c1C(C(=O)C(c1cc(F)c(O)c(Br)c1)c1c(CC)nc2ccc(F)cn12)c1cc(F)c(O)c(Br)c1. The molecule has 0 aliphatic rings. The summed E-state index contributed by atoms with van der Waals surface area (Å²) in [7, 11) is 0. The van der Waals surface area contributed by atoms with E-state index in [0.717, 1.165) is 24.5 Å². The highest BCUT2D eigenvalue weighted by Gasteiger charge is 2.39. The van der Waals surface area contributed by atoms with Gasteiger partial charge in [-0.15, -0.1) is 0 Å². The zero-order valence-corrected chi connectivity index (χ0v) is 27.4. The molecule has 2 aromatic carbocycles. The lowest BCUT2D eigenvalue weighted by molar-refractivity contribution is -0.120. The number of phenols is 2. The minimum atomic E-state index is -1.39. The number of halogens is 6. The van der Waals surface area contributed by atoms with Crippen LogP contribution in [0.25, 0.3) is 11.3 Å². The van der Waals surface area contributed by atoms with E-state index in [1.165, 1.54) is 45.2 Å². The standard InChI is InChI=1S/C33H24Br2F4N4O3/c1-3-23-29(42-13-17(36)5-7-25(42)40-23)27(15-9-19(34)31(44)21(38)11-15)33(46)28(16-10-20(35)32(45)22(39)12-16)30-24(4-2)41-26-8-6-18(37)14-43(26)30/h5-14,27-28,44-45H,3-4H2,1-2H3. The van der Waals surface area contributed by atoms with Gasteiger partial charge in [0.2, 0.25) is 0 Å². The van der Waals surface area contributed by atoms with Crippen LogP contribution < -0.4 is 0 Å². The first-order chi connectivity index (χ1) is 21.9. The summed E-state index contributed by atoms with van der Waals surface area (Å²) in [5.74, 6) is -8.07. The molecule has 2 unspecified atom stereocenters. The highest BCUT2D eigenvalue weighted by Crippen LogP contribution is 2.43. The van der Waals surface area contributed by atoms with Crippen LogP contribution in [-0.2, 0) is 17.6 Å². The van der Waals surface area contributed by atoms with Crippen molar-refractivity contribution >= 4 is 48.9 Å². The molecule has 0 aliphatic heterocycles. The van der Waals surface area contributed by atoms with E-state index >= 15 is 13.6 Å². The van der Waals surface area contributed by atoms with E-state index in [9.17, 15) is 19.0 Å². The Balaban J connectivity index is 1.73. The number of pyridine rings is 2. The summed E-state index contributed by atoms with van der Waals surface area (Å²) in [5, 5.41) is 20.5. The number of fused-ring (bicyclic) bond motifs is 2. The molecule has 13 heteroatoms. The molecule has 4 heterocycles. The monoisotopic (exact) mass is 758 g/mol. The predicted molar refractivity (Wildman–Crippen MR) is 169 cm³/mol. The summed E-state index contributed by atoms with van der Waals surface area (Å²) in [6, 6.07) is 10.1. The lowest BCUT2D eigenvalue weighted by atomic mass is 9.78. The lowest BCUT2D eigenvalue weighted by Crippen LogP contribution is -2.27. The van der Waals surface area contributed by atoms with E-state index in [1.807, 2.05) is 0 Å². The highest BCUT2D eigenvalue weighted by atomic mass is 79.9. The molecule has 0 amide bonds. The van der Waals surface area contributed by atoms with Crippen LogP contribution >= 0.6 is 31.9 Å². The van der Waals surface area contributed by atoms with Gasteiger partial charge in [-0.05, 0) is 104 Å². The largest absolute Gasteiger partial charge is 0.504 e. The number of nitrogens with zero attached hydrogens (tertiary/aromatic N) is 4. The Morgan fingerprint density at radius 3 is 1.46 bits per heavy atom. The fourth-order valence-electron chi connectivity index (χ4n) is 5.89. The maximum absolute atomic E-state index is 15.4. The summed E-state index contributed by atoms with van der Waals surface area (Å²) in [5.41, 5.74) is 2.07. The zero-order chi connectivity index (χ0) is 33.0. The second-order valence-electron chi connectivity index (χ2n) is 10.7. The number of aromatic hydroxyl groups is 2. The Hall–Kier alpha value is -4.23. The number of hydrogen-bond donors (Lipinski definition) is 2. The molecule has 0 spiro atoms. The summed E-state index contributed by atoms with van der Waals surface area (Å²) >= 11 is 6.33. The molecule has 0 bridgehead atoms. The predicted octanol–water partition coefficient (Wildman–Crippen LogP) is 8.13. The van der Waals surface area contributed by atoms with Crippen LogP contribution in [-0.4, -0.2) is 34.8 Å². The van der Waals surface area contributed by atoms with Gasteiger partial charge in [0.15, 0.2) is 28.9 Å². The Morgan fingerprint density at radius 2 is 1.11 bits per heavy atom. The molecular formula is C33H24Br2F4N4O3. The first-order valence-corrected chi connectivity index (χ1v) is 15.7. The molecule has 0 aliphatic carbocycles. The third-order valence-corrected chi connectivity index (χ3v) is 9.13. The van der Waals surface area contributed by atoms with Crippen LogP contribution in [0.2, 0.25) is 0 Å².